The van der Waals surface area contributed by atoms with Crippen LogP contribution in [0, 0.1) is 5.92 Å². The Bertz CT molecular complexity index is 710. The lowest BCUT2D eigenvalue weighted by molar-refractivity contribution is -0.141. The summed E-state index contributed by atoms with van der Waals surface area (Å²) in [4.78, 5) is 23.1. The molecule has 1 aliphatic rings. The van der Waals surface area contributed by atoms with E-state index in [1.807, 2.05) is 42.5 Å². The predicted octanol–water partition coefficient (Wildman–Crippen LogP) is 2.75. The summed E-state index contributed by atoms with van der Waals surface area (Å²) in [5, 5.41) is 14.2. The van der Waals surface area contributed by atoms with Gasteiger partial charge in [-0.1, -0.05) is 42.5 Å². The molecule has 1 amide bonds. The predicted molar refractivity (Wildman–Crippen MR) is 84.6 cm³/mol. The highest BCUT2D eigenvalue weighted by molar-refractivity contribution is 5.85. The summed E-state index contributed by atoms with van der Waals surface area (Å²) < 4.78 is 0. The molecule has 0 bridgehead atoms. The molecular formula is C18H19NO3. The molecule has 114 valence electrons. The quantitative estimate of drug-likeness (QED) is 0.912. The van der Waals surface area contributed by atoms with Gasteiger partial charge in [-0.15, -0.1) is 0 Å². The zero-order chi connectivity index (χ0) is 15.5. The van der Waals surface area contributed by atoms with Crippen molar-refractivity contribution in [1.82, 2.24) is 5.32 Å². The molecule has 1 aliphatic carbocycles. The van der Waals surface area contributed by atoms with Crippen LogP contribution in [0.4, 0.5) is 0 Å². The van der Waals surface area contributed by atoms with Crippen molar-refractivity contribution in [2.24, 2.45) is 5.92 Å². The molecule has 2 aromatic rings. The topological polar surface area (TPSA) is 66.4 Å². The Morgan fingerprint density at radius 3 is 2.59 bits per heavy atom. The number of benzene rings is 2. The Hall–Kier alpha value is -2.36. The van der Waals surface area contributed by atoms with Gasteiger partial charge in [0.25, 0.3) is 0 Å². The number of nitrogens with one attached hydrogen (secondary N) is 1. The van der Waals surface area contributed by atoms with Crippen molar-refractivity contribution in [3.8, 4) is 0 Å². The minimum absolute atomic E-state index is 0.00550. The van der Waals surface area contributed by atoms with Gasteiger partial charge < -0.3 is 10.4 Å². The number of aliphatic carboxylic acids is 1. The van der Waals surface area contributed by atoms with Gasteiger partial charge in [-0.25, -0.2) is 0 Å². The first kappa shape index (κ1) is 14.6. The lowest BCUT2D eigenvalue weighted by atomic mass is 10.0. The van der Waals surface area contributed by atoms with Crippen LogP contribution in [0.2, 0.25) is 0 Å². The first-order valence-corrected chi connectivity index (χ1v) is 7.61. The van der Waals surface area contributed by atoms with Gasteiger partial charge in [0.15, 0.2) is 0 Å². The molecule has 0 heterocycles. The number of carbonyl (C=O) groups is 2. The van der Waals surface area contributed by atoms with E-state index in [0.717, 1.165) is 22.8 Å². The van der Waals surface area contributed by atoms with Crippen LogP contribution in [-0.4, -0.2) is 23.0 Å². The van der Waals surface area contributed by atoms with E-state index in [1.165, 1.54) is 0 Å². The molecule has 4 heteroatoms. The van der Waals surface area contributed by atoms with E-state index in [0.29, 0.717) is 19.3 Å². The molecule has 2 N–H and O–H groups in total. The monoisotopic (exact) mass is 297 g/mol. The number of hydrogen-bond donors (Lipinski definition) is 2. The maximum atomic E-state index is 12.1. The van der Waals surface area contributed by atoms with Crippen molar-refractivity contribution in [1.29, 1.82) is 0 Å². The molecule has 0 aliphatic heterocycles. The molecule has 2 aromatic carbocycles. The Balaban J connectivity index is 1.60. The number of hydrogen-bond acceptors (Lipinski definition) is 2. The van der Waals surface area contributed by atoms with Crippen LogP contribution in [-0.2, 0) is 16.0 Å². The first-order valence-electron chi connectivity index (χ1n) is 7.61. The fourth-order valence-corrected chi connectivity index (χ4v) is 3.15. The first-order chi connectivity index (χ1) is 10.6. The highest BCUT2D eigenvalue weighted by atomic mass is 16.4. The van der Waals surface area contributed by atoms with Gasteiger partial charge in [0, 0.05) is 6.04 Å². The molecule has 22 heavy (non-hydrogen) atoms. The van der Waals surface area contributed by atoms with Crippen molar-refractivity contribution in [2.75, 3.05) is 0 Å². The van der Waals surface area contributed by atoms with E-state index in [2.05, 4.69) is 5.32 Å². The summed E-state index contributed by atoms with van der Waals surface area (Å²) >= 11 is 0. The molecule has 0 saturated heterocycles. The number of carboxylic acid groups (broad SMARTS) is 1. The summed E-state index contributed by atoms with van der Waals surface area (Å²) in [6.07, 6.45) is 2.27. The van der Waals surface area contributed by atoms with Crippen molar-refractivity contribution < 1.29 is 14.7 Å². The summed E-state index contributed by atoms with van der Waals surface area (Å²) in [7, 11) is 0. The molecule has 4 nitrogen and oxygen atoms in total. The molecular weight excluding hydrogens is 278 g/mol. The number of fused-ring (bicyclic) bond motifs is 1. The molecule has 0 unspecified atom stereocenters. The number of rotatable bonds is 4. The SMILES string of the molecule is O=C(Cc1ccc2ccccc2c1)N[C@@H]1CC[C@H](C(=O)O)C1. The highest BCUT2D eigenvalue weighted by Crippen LogP contribution is 2.25. The van der Waals surface area contributed by atoms with E-state index in [9.17, 15) is 9.59 Å². The lowest BCUT2D eigenvalue weighted by Gasteiger charge is -2.12. The fourth-order valence-electron chi connectivity index (χ4n) is 3.15. The Kier molecular flexibility index (Phi) is 4.09. The third-order valence-electron chi connectivity index (χ3n) is 4.33. The average Bonchev–Trinajstić information content (AvgIpc) is 2.95. The third kappa shape index (κ3) is 3.27. The van der Waals surface area contributed by atoms with E-state index >= 15 is 0 Å². The van der Waals surface area contributed by atoms with Crippen molar-refractivity contribution >= 4 is 22.6 Å². The van der Waals surface area contributed by atoms with Crippen LogP contribution in [0.15, 0.2) is 42.5 Å². The number of carboxylic acids is 1. The van der Waals surface area contributed by atoms with Crippen LogP contribution in [0.3, 0.4) is 0 Å². The van der Waals surface area contributed by atoms with Gasteiger partial charge >= 0.3 is 5.97 Å². The summed E-state index contributed by atoms with van der Waals surface area (Å²) in [5.41, 5.74) is 0.976. The van der Waals surface area contributed by atoms with Gasteiger partial charge in [-0.05, 0) is 35.6 Å². The van der Waals surface area contributed by atoms with Crippen LogP contribution in [0.5, 0.6) is 0 Å². The number of amides is 1. The zero-order valence-electron chi connectivity index (χ0n) is 12.3. The molecule has 2 atom stereocenters. The fraction of sp³-hybridized carbons (Fsp3) is 0.333. The van der Waals surface area contributed by atoms with Gasteiger partial charge in [0.2, 0.25) is 5.91 Å². The van der Waals surface area contributed by atoms with E-state index in [1.54, 1.807) is 0 Å². The van der Waals surface area contributed by atoms with Crippen LogP contribution >= 0.6 is 0 Å². The molecule has 1 fully saturated rings. The highest BCUT2D eigenvalue weighted by Gasteiger charge is 2.30. The van der Waals surface area contributed by atoms with E-state index < -0.39 is 5.97 Å². The maximum absolute atomic E-state index is 12.1. The minimum Gasteiger partial charge on any atom is -0.481 e. The Morgan fingerprint density at radius 1 is 1.09 bits per heavy atom. The molecule has 1 saturated carbocycles. The summed E-state index contributed by atoms with van der Waals surface area (Å²) in [6, 6.07) is 14.1. The second-order valence-corrected chi connectivity index (χ2v) is 5.97. The largest absolute Gasteiger partial charge is 0.481 e. The van der Waals surface area contributed by atoms with Crippen molar-refractivity contribution in [2.45, 2.75) is 31.7 Å². The smallest absolute Gasteiger partial charge is 0.306 e. The summed E-state index contributed by atoms with van der Waals surface area (Å²) in [5.74, 6) is -1.11. The number of carbonyl (C=O) groups excluding carboxylic acids is 1. The lowest BCUT2D eigenvalue weighted by Crippen LogP contribution is -2.34. The minimum atomic E-state index is -0.758. The van der Waals surface area contributed by atoms with Gasteiger partial charge in [0.05, 0.1) is 12.3 Å². The molecule has 0 aromatic heterocycles. The van der Waals surface area contributed by atoms with Gasteiger partial charge in [-0.2, -0.15) is 0 Å². The second-order valence-electron chi connectivity index (χ2n) is 5.97. The normalized spacial score (nSPS) is 20.9. The van der Waals surface area contributed by atoms with E-state index in [4.69, 9.17) is 5.11 Å². The van der Waals surface area contributed by atoms with Crippen molar-refractivity contribution in [3.63, 3.8) is 0 Å². The Morgan fingerprint density at radius 2 is 1.86 bits per heavy atom. The standard InChI is InChI=1S/C18H19NO3/c20-17(19-16-8-7-15(11-16)18(21)22)10-12-5-6-13-3-1-2-4-14(13)9-12/h1-6,9,15-16H,7-8,10-11H2,(H,19,20)(H,21,22)/t15-,16+/m0/s1. The molecule has 0 radical (unpaired) electrons. The maximum Gasteiger partial charge on any atom is 0.306 e. The Labute approximate surface area is 129 Å². The van der Waals surface area contributed by atoms with E-state index in [-0.39, 0.29) is 17.9 Å². The third-order valence-corrected chi connectivity index (χ3v) is 4.33. The van der Waals surface area contributed by atoms with Crippen LogP contribution in [0.1, 0.15) is 24.8 Å². The summed E-state index contributed by atoms with van der Waals surface area (Å²) in [6.45, 7) is 0. The zero-order valence-corrected chi connectivity index (χ0v) is 12.3. The van der Waals surface area contributed by atoms with Crippen LogP contribution in [0.25, 0.3) is 10.8 Å². The second kappa shape index (κ2) is 6.18. The van der Waals surface area contributed by atoms with Gasteiger partial charge in [0.1, 0.15) is 0 Å². The molecule has 3 rings (SSSR count). The molecule has 0 spiro atoms. The van der Waals surface area contributed by atoms with Crippen molar-refractivity contribution in [3.05, 3.63) is 48.0 Å². The van der Waals surface area contributed by atoms with Gasteiger partial charge in [-0.3, -0.25) is 9.59 Å². The van der Waals surface area contributed by atoms with Crippen LogP contribution < -0.4 is 5.32 Å². The average molecular weight is 297 g/mol.